The third-order valence-electron chi connectivity index (χ3n) is 7.20. The van der Waals surface area contributed by atoms with Gasteiger partial charge in [-0.05, 0) is 25.7 Å². The molecule has 1 aromatic heterocycles. The number of ether oxygens (including phenoxy) is 3. The fourth-order valence-corrected chi connectivity index (χ4v) is 5.57. The molecule has 0 radical (unpaired) electrons. The van der Waals surface area contributed by atoms with Gasteiger partial charge in [-0.3, -0.25) is 0 Å². The van der Waals surface area contributed by atoms with Crippen LogP contribution in [0.15, 0.2) is 17.1 Å². The highest BCUT2D eigenvalue weighted by molar-refractivity contribution is 7.07. The molecular formula is C30H56NO3S+. The molecule has 1 aliphatic rings. The first-order chi connectivity index (χ1) is 17.4. The van der Waals surface area contributed by atoms with Crippen LogP contribution in [-0.2, 0) is 20.8 Å². The number of thiazole rings is 1. The largest absolute Gasteiger partial charge is 0.381 e. The van der Waals surface area contributed by atoms with Crippen molar-refractivity contribution in [3.8, 4) is 0 Å². The molecule has 35 heavy (non-hydrogen) atoms. The highest BCUT2D eigenvalue weighted by Gasteiger charge is 2.25. The van der Waals surface area contributed by atoms with Crippen molar-refractivity contribution >= 4 is 11.3 Å². The molecule has 1 saturated heterocycles. The van der Waals surface area contributed by atoms with Gasteiger partial charge >= 0.3 is 0 Å². The second kappa shape index (κ2) is 22.7. The molecule has 1 aliphatic heterocycles. The standard InChI is InChI=1S/C30H56NO3S/c1-2-3-4-5-6-7-8-9-10-11-14-17-21-32-25-29-24-30(34-26-29)27-33-22-18-15-12-13-16-19-31-20-23-35-28-31/h20,23,28-30H,2-19,21-22,24-27H2,1H3/q+1/t29-,30-/m0/s1. The maximum Gasteiger partial charge on any atom is 0.224 e. The van der Waals surface area contributed by atoms with E-state index in [4.69, 9.17) is 14.2 Å². The molecule has 0 aliphatic carbocycles. The molecule has 0 bridgehead atoms. The minimum absolute atomic E-state index is 0.276. The van der Waals surface area contributed by atoms with Crippen molar-refractivity contribution in [2.45, 2.75) is 135 Å². The Balaban J connectivity index is 1.26. The first kappa shape index (κ1) is 30.7. The van der Waals surface area contributed by atoms with Crippen molar-refractivity contribution in [2.75, 3.05) is 33.0 Å². The molecular weight excluding hydrogens is 454 g/mol. The van der Waals surface area contributed by atoms with Crippen molar-refractivity contribution in [1.29, 1.82) is 0 Å². The monoisotopic (exact) mass is 510 g/mol. The summed E-state index contributed by atoms with van der Waals surface area (Å²) >= 11 is 1.77. The lowest BCUT2D eigenvalue weighted by Gasteiger charge is -2.11. The molecule has 5 heteroatoms. The summed E-state index contributed by atoms with van der Waals surface area (Å²) in [5, 5.41) is 2.14. The van der Waals surface area contributed by atoms with Crippen LogP contribution in [0.3, 0.4) is 0 Å². The Morgan fingerprint density at radius 2 is 1.31 bits per heavy atom. The average molecular weight is 511 g/mol. The minimum atomic E-state index is 0.276. The number of hydrogen-bond acceptors (Lipinski definition) is 4. The van der Waals surface area contributed by atoms with Gasteiger partial charge in [0, 0.05) is 25.6 Å². The van der Waals surface area contributed by atoms with Gasteiger partial charge in [-0.2, -0.15) is 4.57 Å². The van der Waals surface area contributed by atoms with Crippen molar-refractivity contribution in [3.63, 3.8) is 0 Å². The summed E-state index contributed by atoms with van der Waals surface area (Å²) in [5.74, 6) is 0.557. The quantitative estimate of drug-likeness (QED) is 0.0983. The van der Waals surface area contributed by atoms with Crippen LogP contribution < -0.4 is 4.57 Å². The molecule has 2 rings (SSSR count). The second-order valence-corrected chi connectivity index (χ2v) is 11.4. The Kier molecular flexibility index (Phi) is 19.9. The molecule has 0 amide bonds. The molecule has 0 unspecified atom stereocenters. The SMILES string of the molecule is CCCCCCCCCCCCCCOC[C@H]1CO[C@H](COCCCCCCC[n+]2ccsc2)C1. The van der Waals surface area contributed by atoms with E-state index in [2.05, 4.69) is 28.6 Å². The molecule has 1 fully saturated rings. The van der Waals surface area contributed by atoms with Crippen LogP contribution in [0.25, 0.3) is 0 Å². The lowest BCUT2D eigenvalue weighted by Crippen LogP contribution is -2.29. The lowest BCUT2D eigenvalue weighted by molar-refractivity contribution is -0.692. The zero-order chi connectivity index (χ0) is 24.7. The zero-order valence-corrected chi connectivity index (χ0v) is 23.8. The van der Waals surface area contributed by atoms with Gasteiger partial charge in [0.2, 0.25) is 5.51 Å². The Bertz CT molecular complexity index is 554. The summed E-state index contributed by atoms with van der Waals surface area (Å²) in [6.07, 6.45) is 26.6. The summed E-state index contributed by atoms with van der Waals surface area (Å²) in [6.45, 7) is 7.69. The van der Waals surface area contributed by atoms with Gasteiger partial charge in [-0.1, -0.05) is 102 Å². The number of hydrogen-bond donors (Lipinski definition) is 0. The number of rotatable bonds is 25. The average Bonchev–Trinajstić information content (AvgIpc) is 3.55. The first-order valence-corrected chi connectivity index (χ1v) is 16.0. The van der Waals surface area contributed by atoms with Crippen LogP contribution in [0.5, 0.6) is 0 Å². The Morgan fingerprint density at radius 3 is 1.91 bits per heavy atom. The molecule has 0 N–H and O–H groups in total. The molecule has 2 heterocycles. The van der Waals surface area contributed by atoms with E-state index in [1.54, 1.807) is 11.3 Å². The Morgan fingerprint density at radius 1 is 0.743 bits per heavy atom. The lowest BCUT2D eigenvalue weighted by atomic mass is 10.1. The van der Waals surface area contributed by atoms with Crippen LogP contribution in [0, 0.1) is 5.92 Å². The van der Waals surface area contributed by atoms with Crippen LogP contribution in [0.2, 0.25) is 0 Å². The van der Waals surface area contributed by atoms with Gasteiger partial charge in [0.25, 0.3) is 0 Å². The van der Waals surface area contributed by atoms with Gasteiger partial charge in [-0.15, -0.1) is 0 Å². The van der Waals surface area contributed by atoms with E-state index in [0.717, 1.165) is 46.0 Å². The minimum Gasteiger partial charge on any atom is -0.381 e. The van der Waals surface area contributed by atoms with E-state index in [1.807, 2.05) is 0 Å². The van der Waals surface area contributed by atoms with Gasteiger partial charge in [0.05, 0.1) is 31.3 Å². The van der Waals surface area contributed by atoms with Crippen LogP contribution in [0.1, 0.15) is 122 Å². The third kappa shape index (κ3) is 17.6. The fourth-order valence-electron chi connectivity index (χ4n) is 4.94. The van der Waals surface area contributed by atoms with E-state index in [1.165, 1.54) is 109 Å². The Labute approximate surface area is 221 Å². The molecule has 4 nitrogen and oxygen atoms in total. The summed E-state index contributed by atoms with van der Waals surface area (Å²) < 4.78 is 20.0. The van der Waals surface area contributed by atoms with Crippen molar-refractivity contribution in [1.82, 2.24) is 0 Å². The summed E-state index contributed by atoms with van der Waals surface area (Å²) in [5.41, 5.74) is 2.19. The summed E-state index contributed by atoms with van der Waals surface area (Å²) in [7, 11) is 0. The van der Waals surface area contributed by atoms with E-state index >= 15 is 0 Å². The number of unbranched alkanes of at least 4 members (excludes halogenated alkanes) is 15. The normalized spacial score (nSPS) is 18.0. The number of aromatic nitrogens is 1. The van der Waals surface area contributed by atoms with E-state index in [0.29, 0.717) is 5.92 Å². The summed E-state index contributed by atoms with van der Waals surface area (Å²) in [4.78, 5) is 0. The topological polar surface area (TPSA) is 31.6 Å². The predicted octanol–water partition coefficient (Wildman–Crippen LogP) is 8.13. The van der Waals surface area contributed by atoms with Gasteiger partial charge < -0.3 is 14.2 Å². The van der Waals surface area contributed by atoms with Crippen LogP contribution in [0.4, 0.5) is 0 Å². The van der Waals surface area contributed by atoms with Gasteiger partial charge in [0.1, 0.15) is 6.54 Å². The summed E-state index contributed by atoms with van der Waals surface area (Å²) in [6, 6.07) is 0. The van der Waals surface area contributed by atoms with Crippen molar-refractivity contribution in [3.05, 3.63) is 17.1 Å². The van der Waals surface area contributed by atoms with Crippen molar-refractivity contribution < 1.29 is 18.8 Å². The van der Waals surface area contributed by atoms with Gasteiger partial charge in [0.15, 0.2) is 6.20 Å². The first-order valence-electron chi connectivity index (χ1n) is 15.1. The highest BCUT2D eigenvalue weighted by atomic mass is 32.1. The molecule has 2 atom stereocenters. The molecule has 0 saturated carbocycles. The molecule has 0 aromatic carbocycles. The Hall–Kier alpha value is -0.490. The maximum atomic E-state index is 5.95. The second-order valence-electron chi connectivity index (χ2n) is 10.6. The highest BCUT2D eigenvalue weighted by Crippen LogP contribution is 2.20. The smallest absolute Gasteiger partial charge is 0.224 e. The molecule has 0 spiro atoms. The predicted molar refractivity (Wildman–Crippen MR) is 148 cm³/mol. The van der Waals surface area contributed by atoms with Gasteiger partial charge in [-0.25, -0.2) is 0 Å². The van der Waals surface area contributed by atoms with Crippen LogP contribution >= 0.6 is 11.3 Å². The van der Waals surface area contributed by atoms with E-state index in [-0.39, 0.29) is 6.10 Å². The maximum absolute atomic E-state index is 5.95. The third-order valence-corrected chi connectivity index (χ3v) is 7.87. The van der Waals surface area contributed by atoms with E-state index < -0.39 is 0 Å². The molecule has 1 aromatic rings. The molecule has 204 valence electrons. The van der Waals surface area contributed by atoms with E-state index in [9.17, 15) is 0 Å². The fraction of sp³-hybridized carbons (Fsp3) is 0.900. The van der Waals surface area contributed by atoms with Crippen LogP contribution in [-0.4, -0.2) is 39.1 Å². The number of nitrogens with zero attached hydrogens (tertiary/aromatic N) is 1. The number of aryl methyl sites for hydroxylation is 1. The zero-order valence-electron chi connectivity index (χ0n) is 22.9. The van der Waals surface area contributed by atoms with Crippen molar-refractivity contribution in [2.24, 2.45) is 5.92 Å².